The van der Waals surface area contributed by atoms with Gasteiger partial charge in [-0.15, -0.1) is 0 Å². The van der Waals surface area contributed by atoms with Crippen molar-refractivity contribution in [3.8, 4) is 11.4 Å². The fourth-order valence-corrected chi connectivity index (χ4v) is 2.13. The van der Waals surface area contributed by atoms with Crippen LogP contribution >= 0.6 is 0 Å². The largest absolute Gasteiger partial charge is 0.416 e. The van der Waals surface area contributed by atoms with Crippen molar-refractivity contribution in [2.75, 3.05) is 0 Å². The number of fused-ring (bicyclic) bond motifs is 1. The normalized spacial score (nSPS) is 12.0. The van der Waals surface area contributed by atoms with Crippen LogP contribution in [-0.2, 0) is 13.2 Å². The summed E-state index contributed by atoms with van der Waals surface area (Å²) in [6.07, 6.45) is -1.12. The number of aryl methyl sites for hydroxylation is 1. The molecule has 0 aliphatic heterocycles. The molecule has 0 aliphatic carbocycles. The third-order valence-electron chi connectivity index (χ3n) is 3.13. The Kier molecular flexibility index (Phi) is 2.74. The highest BCUT2D eigenvalue weighted by Gasteiger charge is 2.30. The molecular formula is C14H10F3N3. The quantitative estimate of drug-likeness (QED) is 0.679. The SMILES string of the molecule is Cn1c(-c2cccc(C(F)(F)F)c2)nc2ccncc21. The van der Waals surface area contributed by atoms with Crippen molar-refractivity contribution in [2.45, 2.75) is 6.18 Å². The number of hydrogen-bond donors (Lipinski definition) is 0. The Hall–Kier alpha value is -2.37. The number of alkyl halides is 3. The number of imidazole rings is 1. The predicted molar refractivity (Wildman–Crippen MR) is 68.9 cm³/mol. The first-order valence-electron chi connectivity index (χ1n) is 5.91. The Bertz CT molecular complexity index is 775. The van der Waals surface area contributed by atoms with Crippen LogP contribution < -0.4 is 0 Å². The molecule has 2 heterocycles. The van der Waals surface area contributed by atoms with E-state index in [1.165, 1.54) is 6.07 Å². The zero-order chi connectivity index (χ0) is 14.3. The third-order valence-corrected chi connectivity index (χ3v) is 3.13. The van der Waals surface area contributed by atoms with Gasteiger partial charge in [0.15, 0.2) is 0 Å². The van der Waals surface area contributed by atoms with Gasteiger partial charge in [-0.05, 0) is 18.2 Å². The third kappa shape index (κ3) is 2.03. The summed E-state index contributed by atoms with van der Waals surface area (Å²) in [6, 6.07) is 6.88. The number of benzene rings is 1. The maximum atomic E-state index is 12.8. The molecule has 0 saturated carbocycles. The van der Waals surface area contributed by atoms with Gasteiger partial charge in [0.25, 0.3) is 0 Å². The van der Waals surface area contributed by atoms with Crippen LogP contribution in [0.4, 0.5) is 13.2 Å². The molecule has 0 aliphatic rings. The monoisotopic (exact) mass is 277 g/mol. The van der Waals surface area contributed by atoms with Crippen molar-refractivity contribution in [1.82, 2.24) is 14.5 Å². The van der Waals surface area contributed by atoms with Crippen LogP contribution in [0.15, 0.2) is 42.7 Å². The van der Waals surface area contributed by atoms with Crippen LogP contribution in [0.25, 0.3) is 22.4 Å². The summed E-state index contributed by atoms with van der Waals surface area (Å²) in [5.74, 6) is 0.485. The molecule has 0 N–H and O–H groups in total. The molecule has 0 atom stereocenters. The summed E-state index contributed by atoms with van der Waals surface area (Å²) in [6.45, 7) is 0. The summed E-state index contributed by atoms with van der Waals surface area (Å²) >= 11 is 0. The van der Waals surface area contributed by atoms with E-state index >= 15 is 0 Å². The van der Waals surface area contributed by atoms with Gasteiger partial charge >= 0.3 is 6.18 Å². The number of pyridine rings is 1. The molecule has 6 heteroatoms. The van der Waals surface area contributed by atoms with Gasteiger partial charge in [-0.25, -0.2) is 4.98 Å². The molecule has 3 aromatic rings. The molecule has 1 aromatic carbocycles. The van der Waals surface area contributed by atoms with E-state index in [1.807, 2.05) is 0 Å². The zero-order valence-corrected chi connectivity index (χ0v) is 10.5. The zero-order valence-electron chi connectivity index (χ0n) is 10.5. The van der Waals surface area contributed by atoms with Crippen molar-refractivity contribution in [2.24, 2.45) is 7.05 Å². The molecular weight excluding hydrogens is 267 g/mol. The Balaban J connectivity index is 2.18. The molecule has 0 saturated heterocycles. The van der Waals surface area contributed by atoms with Gasteiger partial charge in [0.05, 0.1) is 22.8 Å². The van der Waals surface area contributed by atoms with E-state index in [-0.39, 0.29) is 0 Å². The van der Waals surface area contributed by atoms with Crippen LogP contribution in [0, 0.1) is 0 Å². The molecule has 0 fully saturated rings. The minimum atomic E-state index is -4.36. The van der Waals surface area contributed by atoms with Crippen molar-refractivity contribution >= 4 is 11.0 Å². The van der Waals surface area contributed by atoms with Crippen LogP contribution in [-0.4, -0.2) is 14.5 Å². The average Bonchev–Trinajstić information content (AvgIpc) is 2.76. The summed E-state index contributed by atoms with van der Waals surface area (Å²) in [5.41, 5.74) is 1.23. The number of nitrogens with zero attached hydrogens (tertiary/aromatic N) is 3. The van der Waals surface area contributed by atoms with E-state index in [1.54, 1.807) is 36.1 Å². The topological polar surface area (TPSA) is 30.7 Å². The Morgan fingerprint density at radius 1 is 1.15 bits per heavy atom. The number of rotatable bonds is 1. The summed E-state index contributed by atoms with van der Waals surface area (Å²) < 4.78 is 40.0. The fourth-order valence-electron chi connectivity index (χ4n) is 2.13. The standard InChI is InChI=1S/C14H10F3N3/c1-20-12-8-18-6-5-11(12)19-13(20)9-3-2-4-10(7-9)14(15,16)17/h2-8H,1H3. The Morgan fingerprint density at radius 3 is 2.65 bits per heavy atom. The maximum Gasteiger partial charge on any atom is 0.416 e. The van der Waals surface area contributed by atoms with Crippen molar-refractivity contribution in [3.63, 3.8) is 0 Å². The van der Waals surface area contributed by atoms with Crippen LogP contribution in [0.5, 0.6) is 0 Å². The van der Waals surface area contributed by atoms with Crippen LogP contribution in [0.1, 0.15) is 5.56 Å². The fraction of sp³-hybridized carbons (Fsp3) is 0.143. The molecule has 0 amide bonds. The van der Waals surface area contributed by atoms with E-state index in [2.05, 4.69) is 9.97 Å². The molecule has 3 rings (SSSR count). The number of aromatic nitrogens is 3. The summed E-state index contributed by atoms with van der Waals surface area (Å²) in [4.78, 5) is 8.36. The molecule has 0 unspecified atom stereocenters. The van der Waals surface area contributed by atoms with E-state index in [9.17, 15) is 13.2 Å². The molecule has 20 heavy (non-hydrogen) atoms. The van der Waals surface area contributed by atoms with Gasteiger partial charge in [0.2, 0.25) is 0 Å². The lowest BCUT2D eigenvalue weighted by atomic mass is 10.1. The molecule has 2 aromatic heterocycles. The Labute approximate surface area is 112 Å². The second-order valence-corrected chi connectivity index (χ2v) is 4.44. The van der Waals surface area contributed by atoms with Crippen LogP contribution in [0.2, 0.25) is 0 Å². The van der Waals surface area contributed by atoms with Crippen molar-refractivity contribution < 1.29 is 13.2 Å². The average molecular weight is 277 g/mol. The van der Waals surface area contributed by atoms with Gasteiger partial charge in [0.1, 0.15) is 5.82 Å². The lowest BCUT2D eigenvalue weighted by molar-refractivity contribution is -0.137. The second kappa shape index (κ2) is 4.33. The van der Waals surface area contributed by atoms with Crippen molar-refractivity contribution in [1.29, 1.82) is 0 Å². The number of halogens is 3. The predicted octanol–water partition coefficient (Wildman–Crippen LogP) is 3.65. The second-order valence-electron chi connectivity index (χ2n) is 4.44. The maximum absolute atomic E-state index is 12.8. The lowest BCUT2D eigenvalue weighted by Crippen LogP contribution is -2.05. The summed E-state index contributed by atoms with van der Waals surface area (Å²) in [5, 5.41) is 0. The first-order chi connectivity index (χ1) is 9.47. The molecule has 102 valence electrons. The number of hydrogen-bond acceptors (Lipinski definition) is 2. The van der Waals surface area contributed by atoms with Gasteiger partial charge in [-0.2, -0.15) is 13.2 Å². The highest BCUT2D eigenvalue weighted by molar-refractivity contribution is 5.79. The molecule has 3 nitrogen and oxygen atoms in total. The summed E-state index contributed by atoms with van der Waals surface area (Å²) in [7, 11) is 1.76. The molecule has 0 radical (unpaired) electrons. The van der Waals surface area contributed by atoms with E-state index in [0.717, 1.165) is 17.6 Å². The van der Waals surface area contributed by atoms with Gasteiger partial charge in [-0.1, -0.05) is 12.1 Å². The van der Waals surface area contributed by atoms with Gasteiger partial charge < -0.3 is 4.57 Å². The van der Waals surface area contributed by atoms with E-state index < -0.39 is 11.7 Å². The molecule has 0 spiro atoms. The Morgan fingerprint density at radius 2 is 1.95 bits per heavy atom. The molecule has 0 bridgehead atoms. The van der Waals surface area contributed by atoms with Gasteiger partial charge in [0, 0.05) is 18.8 Å². The van der Waals surface area contributed by atoms with Gasteiger partial charge in [-0.3, -0.25) is 4.98 Å². The highest BCUT2D eigenvalue weighted by Crippen LogP contribution is 2.32. The van der Waals surface area contributed by atoms with E-state index in [0.29, 0.717) is 16.9 Å². The van der Waals surface area contributed by atoms with Crippen molar-refractivity contribution in [3.05, 3.63) is 48.3 Å². The first kappa shape index (κ1) is 12.7. The van der Waals surface area contributed by atoms with Crippen LogP contribution in [0.3, 0.4) is 0 Å². The lowest BCUT2D eigenvalue weighted by Gasteiger charge is -2.08. The minimum absolute atomic E-state index is 0.429. The minimum Gasteiger partial charge on any atom is -0.326 e. The smallest absolute Gasteiger partial charge is 0.326 e. The van der Waals surface area contributed by atoms with E-state index in [4.69, 9.17) is 0 Å². The first-order valence-corrected chi connectivity index (χ1v) is 5.91. The highest BCUT2D eigenvalue weighted by atomic mass is 19.4.